The van der Waals surface area contributed by atoms with E-state index in [4.69, 9.17) is 0 Å². The Morgan fingerprint density at radius 1 is 0.909 bits per heavy atom. The highest BCUT2D eigenvalue weighted by Crippen LogP contribution is 2.19. The van der Waals surface area contributed by atoms with Crippen LogP contribution in [0.15, 0.2) is 52.7 Å². The van der Waals surface area contributed by atoms with Crippen molar-refractivity contribution < 1.29 is 0 Å². The number of anilines is 3. The molecule has 0 aliphatic heterocycles. The molecule has 0 saturated heterocycles. The zero-order valence-corrected chi connectivity index (χ0v) is 11.6. The third-order valence-corrected chi connectivity index (χ3v) is 3.16. The summed E-state index contributed by atoms with van der Waals surface area (Å²) < 4.78 is 0. The fourth-order valence-corrected chi connectivity index (χ4v) is 2.03. The van der Waals surface area contributed by atoms with Gasteiger partial charge in [-0.2, -0.15) is 0 Å². The van der Waals surface area contributed by atoms with Crippen LogP contribution in [0.1, 0.15) is 5.69 Å². The molecule has 22 heavy (non-hydrogen) atoms. The predicted molar refractivity (Wildman–Crippen MR) is 83.1 cm³/mol. The average molecular weight is 295 g/mol. The summed E-state index contributed by atoms with van der Waals surface area (Å²) in [5.74, 6) is 0. The molecule has 7 heteroatoms. The molecule has 2 N–H and O–H groups in total. The highest BCUT2D eigenvalue weighted by Gasteiger charge is 2.20. The lowest BCUT2D eigenvalue weighted by molar-refractivity contribution is 0.938. The SMILES string of the molecule is O=c1c(NCCc2cnccn2)c(Nc2ccncc2)c1=O. The number of nitrogens with zero attached hydrogens (tertiary/aromatic N) is 3. The van der Waals surface area contributed by atoms with E-state index >= 15 is 0 Å². The smallest absolute Gasteiger partial charge is 0.253 e. The summed E-state index contributed by atoms with van der Waals surface area (Å²) in [5, 5.41) is 5.92. The Hall–Kier alpha value is -3.09. The van der Waals surface area contributed by atoms with E-state index in [0.717, 1.165) is 5.69 Å². The monoisotopic (exact) mass is 295 g/mol. The summed E-state index contributed by atoms with van der Waals surface area (Å²) in [7, 11) is 0. The molecule has 3 rings (SSSR count). The van der Waals surface area contributed by atoms with Crippen LogP contribution < -0.4 is 21.5 Å². The number of hydrogen-bond acceptors (Lipinski definition) is 7. The Labute approximate surface area is 125 Å². The first-order valence-corrected chi connectivity index (χ1v) is 6.75. The second kappa shape index (κ2) is 6.13. The van der Waals surface area contributed by atoms with Crippen molar-refractivity contribution in [2.75, 3.05) is 17.2 Å². The zero-order valence-electron chi connectivity index (χ0n) is 11.6. The molecule has 0 bridgehead atoms. The van der Waals surface area contributed by atoms with Crippen LogP contribution in [-0.2, 0) is 6.42 Å². The van der Waals surface area contributed by atoms with Crippen LogP contribution in [0.4, 0.5) is 17.1 Å². The standard InChI is InChI=1S/C15H13N5O2/c21-14-12(19-6-3-11-9-17-7-8-18-11)13(15(14)22)20-10-1-4-16-5-2-10/h1-2,4-5,7-9,19H,3,6H2,(H,16,20). The second-order valence-electron chi connectivity index (χ2n) is 4.64. The minimum Gasteiger partial charge on any atom is -0.380 e. The van der Waals surface area contributed by atoms with Crippen molar-refractivity contribution in [1.29, 1.82) is 0 Å². The molecule has 3 aromatic rings. The van der Waals surface area contributed by atoms with Gasteiger partial charge in [-0.25, -0.2) is 0 Å². The quantitative estimate of drug-likeness (QED) is 0.651. The van der Waals surface area contributed by atoms with Gasteiger partial charge >= 0.3 is 0 Å². The van der Waals surface area contributed by atoms with Gasteiger partial charge in [0.1, 0.15) is 11.4 Å². The van der Waals surface area contributed by atoms with E-state index in [1.807, 2.05) is 0 Å². The summed E-state index contributed by atoms with van der Waals surface area (Å²) in [6, 6.07) is 3.44. The van der Waals surface area contributed by atoms with Gasteiger partial charge in [0, 0.05) is 49.6 Å². The molecule has 0 atom stereocenters. The van der Waals surface area contributed by atoms with Crippen molar-refractivity contribution in [3.05, 3.63) is 69.3 Å². The molecule has 2 aromatic heterocycles. The summed E-state index contributed by atoms with van der Waals surface area (Å²) in [4.78, 5) is 35.3. The minimum atomic E-state index is -0.515. The van der Waals surface area contributed by atoms with E-state index in [9.17, 15) is 9.59 Å². The lowest BCUT2D eigenvalue weighted by Crippen LogP contribution is -2.37. The summed E-state index contributed by atoms with van der Waals surface area (Å²) in [6.07, 6.45) is 8.71. The van der Waals surface area contributed by atoms with Crippen molar-refractivity contribution in [2.24, 2.45) is 0 Å². The predicted octanol–water partition coefficient (Wildman–Crippen LogP) is 0.866. The highest BCUT2D eigenvalue weighted by atomic mass is 16.2. The molecule has 0 unspecified atom stereocenters. The Kier molecular flexibility index (Phi) is 3.86. The highest BCUT2D eigenvalue weighted by molar-refractivity contribution is 5.78. The van der Waals surface area contributed by atoms with Gasteiger partial charge in [-0.15, -0.1) is 0 Å². The Bertz CT molecular complexity index is 826. The first kappa shape index (κ1) is 13.9. The minimum absolute atomic E-state index is 0.287. The molecule has 0 spiro atoms. The average Bonchev–Trinajstić information content (AvgIpc) is 2.58. The van der Waals surface area contributed by atoms with Crippen LogP contribution in [-0.4, -0.2) is 21.5 Å². The second-order valence-corrected chi connectivity index (χ2v) is 4.64. The summed E-state index contributed by atoms with van der Waals surface area (Å²) >= 11 is 0. The van der Waals surface area contributed by atoms with Gasteiger partial charge in [-0.3, -0.25) is 24.5 Å². The van der Waals surface area contributed by atoms with Crippen LogP contribution >= 0.6 is 0 Å². The van der Waals surface area contributed by atoms with Gasteiger partial charge in [0.2, 0.25) is 0 Å². The van der Waals surface area contributed by atoms with Crippen molar-refractivity contribution in [1.82, 2.24) is 15.0 Å². The van der Waals surface area contributed by atoms with Crippen LogP contribution in [0.3, 0.4) is 0 Å². The molecule has 7 nitrogen and oxygen atoms in total. The molecule has 110 valence electrons. The number of hydrogen-bond donors (Lipinski definition) is 2. The summed E-state index contributed by atoms with van der Waals surface area (Å²) in [6.45, 7) is 0.495. The lowest BCUT2D eigenvalue weighted by atomic mass is 10.1. The first-order chi connectivity index (χ1) is 10.8. The van der Waals surface area contributed by atoms with Crippen LogP contribution in [0.25, 0.3) is 0 Å². The summed E-state index contributed by atoms with van der Waals surface area (Å²) in [5.41, 5.74) is 1.10. The maximum Gasteiger partial charge on any atom is 0.253 e. The normalized spacial score (nSPS) is 10.5. The van der Waals surface area contributed by atoms with E-state index in [1.165, 1.54) is 0 Å². The molecule has 0 saturated carbocycles. The maximum absolute atomic E-state index is 11.7. The third-order valence-electron chi connectivity index (χ3n) is 3.16. The van der Waals surface area contributed by atoms with Crippen LogP contribution in [0, 0.1) is 0 Å². The molecule has 2 heterocycles. The van der Waals surface area contributed by atoms with Gasteiger partial charge in [0.25, 0.3) is 10.9 Å². The number of pyridine rings is 1. The Morgan fingerprint density at radius 2 is 1.68 bits per heavy atom. The number of nitrogens with one attached hydrogen (secondary N) is 2. The van der Waals surface area contributed by atoms with Gasteiger partial charge in [-0.05, 0) is 12.1 Å². The van der Waals surface area contributed by atoms with E-state index in [2.05, 4.69) is 25.6 Å². The molecule has 0 aliphatic rings. The molecule has 0 aliphatic carbocycles. The van der Waals surface area contributed by atoms with Crippen molar-refractivity contribution in [2.45, 2.75) is 6.42 Å². The Balaban J connectivity index is 1.66. The van der Waals surface area contributed by atoms with Gasteiger partial charge in [0.05, 0.1) is 5.69 Å². The van der Waals surface area contributed by atoms with Gasteiger partial charge in [-0.1, -0.05) is 0 Å². The molecular formula is C15H13N5O2. The third kappa shape index (κ3) is 2.83. The Morgan fingerprint density at radius 3 is 2.41 bits per heavy atom. The largest absolute Gasteiger partial charge is 0.380 e. The van der Waals surface area contributed by atoms with E-state index < -0.39 is 10.9 Å². The fraction of sp³-hybridized carbons (Fsp3) is 0.133. The van der Waals surface area contributed by atoms with Crippen LogP contribution in [0.5, 0.6) is 0 Å². The number of rotatable bonds is 6. The van der Waals surface area contributed by atoms with Gasteiger partial charge in [0.15, 0.2) is 0 Å². The fourth-order valence-electron chi connectivity index (χ4n) is 2.03. The molecule has 1 aromatic carbocycles. The number of aromatic nitrogens is 3. The lowest BCUT2D eigenvalue weighted by Gasteiger charge is -2.14. The molecule has 0 amide bonds. The van der Waals surface area contributed by atoms with Crippen LogP contribution in [0.2, 0.25) is 0 Å². The van der Waals surface area contributed by atoms with E-state index in [-0.39, 0.29) is 5.69 Å². The van der Waals surface area contributed by atoms with Crippen molar-refractivity contribution in [3.8, 4) is 0 Å². The van der Waals surface area contributed by atoms with Crippen molar-refractivity contribution >= 4 is 17.1 Å². The zero-order chi connectivity index (χ0) is 15.4. The molecule has 0 fully saturated rings. The first-order valence-electron chi connectivity index (χ1n) is 6.75. The molecule has 0 radical (unpaired) electrons. The maximum atomic E-state index is 11.7. The van der Waals surface area contributed by atoms with E-state index in [1.54, 1.807) is 43.1 Å². The van der Waals surface area contributed by atoms with E-state index in [0.29, 0.717) is 24.3 Å². The van der Waals surface area contributed by atoms with Gasteiger partial charge < -0.3 is 10.6 Å². The topological polar surface area (TPSA) is 96.9 Å². The molecular weight excluding hydrogens is 282 g/mol. The van der Waals surface area contributed by atoms with Crippen molar-refractivity contribution in [3.63, 3.8) is 0 Å².